The van der Waals surface area contributed by atoms with Gasteiger partial charge in [0.25, 0.3) is 0 Å². The first-order chi connectivity index (χ1) is 5.31. The molecule has 0 aromatic rings. The van der Waals surface area contributed by atoms with Crippen molar-refractivity contribution in [3.8, 4) is 0 Å². The first-order valence-corrected chi connectivity index (χ1v) is 4.33. The fourth-order valence-electron chi connectivity index (χ4n) is 1.77. The zero-order chi connectivity index (χ0) is 7.73. The third-order valence-electron chi connectivity index (χ3n) is 2.36. The normalized spacial score (nSPS) is 36.3. The molecule has 2 rings (SSSR count). The van der Waals surface area contributed by atoms with Crippen LogP contribution >= 0.6 is 0 Å². The summed E-state index contributed by atoms with van der Waals surface area (Å²) < 4.78 is 11.4. The van der Waals surface area contributed by atoms with E-state index in [1.165, 1.54) is 0 Å². The molecule has 2 heterocycles. The van der Waals surface area contributed by atoms with Crippen molar-refractivity contribution in [3.63, 3.8) is 0 Å². The SMILES string of the molecule is C[C@H]1COC2(CCNCC2)O1. The van der Waals surface area contributed by atoms with Gasteiger partial charge in [0.05, 0.1) is 12.7 Å². The minimum absolute atomic E-state index is 0.218. The second-order valence-electron chi connectivity index (χ2n) is 3.40. The van der Waals surface area contributed by atoms with Crippen LogP contribution in [0.4, 0.5) is 0 Å². The van der Waals surface area contributed by atoms with E-state index in [9.17, 15) is 0 Å². The smallest absolute Gasteiger partial charge is 0.171 e. The van der Waals surface area contributed by atoms with Crippen molar-refractivity contribution < 1.29 is 9.47 Å². The van der Waals surface area contributed by atoms with Gasteiger partial charge >= 0.3 is 0 Å². The lowest BCUT2D eigenvalue weighted by molar-refractivity contribution is -0.181. The van der Waals surface area contributed by atoms with E-state index in [2.05, 4.69) is 12.2 Å². The maximum atomic E-state index is 5.73. The molecule has 1 N–H and O–H groups in total. The number of nitrogens with one attached hydrogen (secondary N) is 1. The highest BCUT2D eigenvalue weighted by Crippen LogP contribution is 2.31. The van der Waals surface area contributed by atoms with Crippen LogP contribution in [-0.4, -0.2) is 31.6 Å². The Hall–Kier alpha value is -0.120. The van der Waals surface area contributed by atoms with E-state index in [0.29, 0.717) is 0 Å². The number of rotatable bonds is 0. The van der Waals surface area contributed by atoms with Gasteiger partial charge in [-0.05, 0) is 6.92 Å². The highest BCUT2D eigenvalue weighted by molar-refractivity contribution is 4.82. The molecule has 0 aliphatic carbocycles. The van der Waals surface area contributed by atoms with Crippen LogP contribution in [-0.2, 0) is 9.47 Å². The summed E-state index contributed by atoms with van der Waals surface area (Å²) in [6, 6.07) is 0. The fraction of sp³-hybridized carbons (Fsp3) is 1.00. The third-order valence-corrected chi connectivity index (χ3v) is 2.36. The Morgan fingerprint density at radius 2 is 2.09 bits per heavy atom. The van der Waals surface area contributed by atoms with Crippen molar-refractivity contribution in [3.05, 3.63) is 0 Å². The molecule has 11 heavy (non-hydrogen) atoms. The van der Waals surface area contributed by atoms with Gasteiger partial charge in [-0.1, -0.05) is 0 Å². The van der Waals surface area contributed by atoms with Crippen molar-refractivity contribution in [1.82, 2.24) is 5.32 Å². The maximum Gasteiger partial charge on any atom is 0.171 e. The van der Waals surface area contributed by atoms with Crippen molar-refractivity contribution in [1.29, 1.82) is 0 Å². The number of hydrogen-bond acceptors (Lipinski definition) is 3. The molecule has 0 bridgehead atoms. The topological polar surface area (TPSA) is 30.5 Å². The Bertz CT molecular complexity index is 138. The van der Waals surface area contributed by atoms with E-state index < -0.39 is 0 Å². The lowest BCUT2D eigenvalue weighted by Gasteiger charge is -2.31. The molecule has 0 saturated carbocycles. The number of piperidine rings is 1. The first-order valence-electron chi connectivity index (χ1n) is 4.33. The van der Waals surface area contributed by atoms with Crippen molar-refractivity contribution >= 4 is 0 Å². The predicted octanol–water partition coefficient (Wildman–Crippen LogP) is 0.501. The van der Waals surface area contributed by atoms with Crippen molar-refractivity contribution in [2.24, 2.45) is 0 Å². The molecule has 2 fully saturated rings. The fourth-order valence-corrected chi connectivity index (χ4v) is 1.77. The Balaban J connectivity index is 1.98. The molecule has 1 atom stereocenters. The molecular formula is C8H15NO2. The molecule has 0 aromatic carbocycles. The van der Waals surface area contributed by atoms with Crippen LogP contribution in [0.2, 0.25) is 0 Å². The van der Waals surface area contributed by atoms with Crippen LogP contribution < -0.4 is 5.32 Å². The van der Waals surface area contributed by atoms with Crippen molar-refractivity contribution in [2.75, 3.05) is 19.7 Å². The van der Waals surface area contributed by atoms with Gasteiger partial charge < -0.3 is 14.8 Å². The van der Waals surface area contributed by atoms with Crippen LogP contribution in [0.3, 0.4) is 0 Å². The van der Waals surface area contributed by atoms with Gasteiger partial charge in [-0.15, -0.1) is 0 Å². The molecule has 0 unspecified atom stereocenters. The van der Waals surface area contributed by atoms with E-state index in [0.717, 1.165) is 32.5 Å². The lowest BCUT2D eigenvalue weighted by atomic mass is 10.1. The Morgan fingerprint density at radius 3 is 2.64 bits per heavy atom. The van der Waals surface area contributed by atoms with E-state index in [-0.39, 0.29) is 11.9 Å². The summed E-state index contributed by atoms with van der Waals surface area (Å²) in [4.78, 5) is 0. The van der Waals surface area contributed by atoms with Crippen LogP contribution in [0.25, 0.3) is 0 Å². The molecule has 1 spiro atoms. The molecule has 2 saturated heterocycles. The molecule has 2 aliphatic rings. The Labute approximate surface area is 67.1 Å². The summed E-state index contributed by atoms with van der Waals surface area (Å²) in [5.74, 6) is -0.218. The zero-order valence-corrected chi connectivity index (χ0v) is 6.93. The quantitative estimate of drug-likeness (QED) is 0.555. The second-order valence-corrected chi connectivity index (χ2v) is 3.40. The average Bonchev–Trinajstić information content (AvgIpc) is 2.34. The average molecular weight is 157 g/mol. The maximum absolute atomic E-state index is 5.73. The van der Waals surface area contributed by atoms with Gasteiger partial charge in [0.1, 0.15) is 0 Å². The number of ether oxygens (including phenoxy) is 2. The predicted molar refractivity (Wildman–Crippen MR) is 41.3 cm³/mol. The summed E-state index contributed by atoms with van der Waals surface area (Å²) in [5.41, 5.74) is 0. The van der Waals surface area contributed by atoms with Gasteiger partial charge in [0.2, 0.25) is 0 Å². The zero-order valence-electron chi connectivity index (χ0n) is 6.93. The van der Waals surface area contributed by atoms with Gasteiger partial charge in [0.15, 0.2) is 5.79 Å². The van der Waals surface area contributed by atoms with E-state index in [4.69, 9.17) is 9.47 Å². The minimum Gasteiger partial charge on any atom is -0.347 e. The molecule has 2 aliphatic heterocycles. The molecule has 3 nitrogen and oxygen atoms in total. The summed E-state index contributed by atoms with van der Waals surface area (Å²) in [5, 5.41) is 3.29. The molecule has 3 heteroatoms. The standard InChI is InChI=1S/C8H15NO2/c1-7-6-10-8(11-7)2-4-9-5-3-8/h7,9H,2-6H2,1H3/t7-/m0/s1. The summed E-state index contributed by atoms with van der Waals surface area (Å²) >= 11 is 0. The highest BCUT2D eigenvalue weighted by atomic mass is 16.7. The third kappa shape index (κ3) is 1.41. The van der Waals surface area contributed by atoms with E-state index in [1.807, 2.05) is 0 Å². The summed E-state index contributed by atoms with van der Waals surface area (Å²) in [7, 11) is 0. The van der Waals surface area contributed by atoms with Crippen molar-refractivity contribution in [2.45, 2.75) is 31.7 Å². The summed E-state index contributed by atoms with van der Waals surface area (Å²) in [6.45, 7) is 4.87. The highest BCUT2D eigenvalue weighted by Gasteiger charge is 2.40. The van der Waals surface area contributed by atoms with Crippen LogP contribution in [0, 0.1) is 0 Å². The lowest BCUT2D eigenvalue weighted by Crippen LogP contribution is -2.42. The summed E-state index contributed by atoms with van der Waals surface area (Å²) in [6.07, 6.45) is 2.28. The Kier molecular flexibility index (Phi) is 1.87. The first kappa shape index (κ1) is 7.53. The van der Waals surface area contributed by atoms with E-state index in [1.54, 1.807) is 0 Å². The van der Waals surface area contributed by atoms with Gasteiger partial charge in [-0.3, -0.25) is 0 Å². The molecule has 0 radical (unpaired) electrons. The monoisotopic (exact) mass is 157 g/mol. The van der Waals surface area contributed by atoms with Crippen LogP contribution in [0.15, 0.2) is 0 Å². The minimum atomic E-state index is -0.218. The van der Waals surface area contributed by atoms with Gasteiger partial charge in [-0.25, -0.2) is 0 Å². The van der Waals surface area contributed by atoms with Gasteiger partial charge in [0, 0.05) is 25.9 Å². The van der Waals surface area contributed by atoms with Gasteiger partial charge in [-0.2, -0.15) is 0 Å². The second kappa shape index (κ2) is 2.73. The Morgan fingerprint density at radius 1 is 1.36 bits per heavy atom. The van der Waals surface area contributed by atoms with Crippen LogP contribution in [0.5, 0.6) is 0 Å². The van der Waals surface area contributed by atoms with Crippen LogP contribution in [0.1, 0.15) is 19.8 Å². The number of hydrogen-bond donors (Lipinski definition) is 1. The largest absolute Gasteiger partial charge is 0.347 e. The molecule has 0 aromatic heterocycles. The van der Waals surface area contributed by atoms with E-state index >= 15 is 0 Å². The molecule has 0 amide bonds. The molecule has 64 valence electrons. The molecular weight excluding hydrogens is 142 g/mol.